The summed E-state index contributed by atoms with van der Waals surface area (Å²) in [6.45, 7) is 8.70. The average molecular weight is 423 g/mol. The summed E-state index contributed by atoms with van der Waals surface area (Å²) < 4.78 is 4.77. The van der Waals surface area contributed by atoms with Crippen molar-refractivity contribution in [1.29, 1.82) is 0 Å². The summed E-state index contributed by atoms with van der Waals surface area (Å²) in [6.07, 6.45) is 27.4. The lowest BCUT2D eigenvalue weighted by atomic mass is 9.91. The lowest BCUT2D eigenvalue weighted by Crippen LogP contribution is -2.06. The molecule has 2 unspecified atom stereocenters. The molecule has 0 saturated carbocycles. The van der Waals surface area contributed by atoms with Crippen molar-refractivity contribution in [3.8, 4) is 0 Å². The van der Waals surface area contributed by atoms with Gasteiger partial charge in [-0.2, -0.15) is 0 Å². The van der Waals surface area contributed by atoms with Crippen molar-refractivity contribution in [2.45, 2.75) is 143 Å². The van der Waals surface area contributed by atoms with Crippen LogP contribution in [-0.2, 0) is 9.53 Å². The molecule has 0 fully saturated rings. The molecule has 30 heavy (non-hydrogen) atoms. The van der Waals surface area contributed by atoms with Crippen LogP contribution in [0.1, 0.15) is 143 Å². The SMILES string of the molecule is CCCCCCCCCCCCCCCCCCC(C)CC(C)C=C(C)C(=O)OC. The molecule has 0 heterocycles. The van der Waals surface area contributed by atoms with E-state index in [0.29, 0.717) is 5.92 Å². The van der Waals surface area contributed by atoms with E-state index in [1.807, 2.05) is 6.92 Å². The Morgan fingerprint density at radius 3 is 1.53 bits per heavy atom. The highest BCUT2D eigenvalue weighted by Gasteiger charge is 2.10. The monoisotopic (exact) mass is 422 g/mol. The molecule has 0 spiro atoms. The number of unbranched alkanes of at least 4 members (excludes halogenated alkanes) is 15. The zero-order valence-electron chi connectivity index (χ0n) is 21.3. The van der Waals surface area contributed by atoms with Crippen LogP contribution in [0.15, 0.2) is 11.6 Å². The summed E-state index contributed by atoms with van der Waals surface area (Å²) in [5.41, 5.74) is 0.736. The van der Waals surface area contributed by atoms with Gasteiger partial charge in [0.2, 0.25) is 0 Å². The summed E-state index contributed by atoms with van der Waals surface area (Å²) in [6, 6.07) is 0. The highest BCUT2D eigenvalue weighted by Crippen LogP contribution is 2.21. The highest BCUT2D eigenvalue weighted by atomic mass is 16.5. The van der Waals surface area contributed by atoms with E-state index < -0.39 is 0 Å². The fourth-order valence-electron chi connectivity index (χ4n) is 4.52. The molecule has 0 aromatic carbocycles. The van der Waals surface area contributed by atoms with Crippen molar-refractivity contribution in [2.75, 3.05) is 7.11 Å². The highest BCUT2D eigenvalue weighted by molar-refractivity contribution is 5.87. The Hall–Kier alpha value is -0.790. The zero-order chi connectivity index (χ0) is 22.5. The maximum atomic E-state index is 11.5. The van der Waals surface area contributed by atoms with Crippen LogP contribution in [-0.4, -0.2) is 13.1 Å². The molecule has 2 atom stereocenters. The van der Waals surface area contributed by atoms with E-state index in [2.05, 4.69) is 26.8 Å². The number of ether oxygens (including phenoxy) is 1. The van der Waals surface area contributed by atoms with E-state index in [4.69, 9.17) is 4.74 Å². The Balaban J connectivity index is 3.40. The van der Waals surface area contributed by atoms with Crippen LogP contribution < -0.4 is 0 Å². The summed E-state index contributed by atoms with van der Waals surface area (Å²) in [5.74, 6) is 0.973. The molecule has 0 rings (SSSR count). The first-order chi connectivity index (χ1) is 14.5. The minimum atomic E-state index is -0.202. The Kier molecular flexibility index (Phi) is 20.9. The second kappa shape index (κ2) is 21.4. The molecule has 0 aliphatic heterocycles. The third-order valence-electron chi connectivity index (χ3n) is 6.37. The maximum absolute atomic E-state index is 11.5. The Morgan fingerprint density at radius 2 is 1.13 bits per heavy atom. The number of carbonyl (C=O) groups is 1. The van der Waals surface area contributed by atoms with Gasteiger partial charge in [0.1, 0.15) is 0 Å². The molecule has 0 bridgehead atoms. The maximum Gasteiger partial charge on any atom is 0.333 e. The minimum Gasteiger partial charge on any atom is -0.466 e. The quantitative estimate of drug-likeness (QED) is 0.105. The van der Waals surface area contributed by atoms with Gasteiger partial charge in [0, 0.05) is 5.57 Å². The van der Waals surface area contributed by atoms with Crippen LogP contribution in [0.4, 0.5) is 0 Å². The van der Waals surface area contributed by atoms with E-state index in [1.165, 1.54) is 116 Å². The van der Waals surface area contributed by atoms with Crippen molar-refractivity contribution in [1.82, 2.24) is 0 Å². The van der Waals surface area contributed by atoms with Crippen LogP contribution in [0.2, 0.25) is 0 Å². The first-order valence-corrected chi connectivity index (χ1v) is 13.3. The van der Waals surface area contributed by atoms with E-state index >= 15 is 0 Å². The van der Waals surface area contributed by atoms with Gasteiger partial charge < -0.3 is 4.74 Å². The van der Waals surface area contributed by atoms with Crippen molar-refractivity contribution in [3.63, 3.8) is 0 Å². The largest absolute Gasteiger partial charge is 0.466 e. The molecule has 178 valence electrons. The smallest absolute Gasteiger partial charge is 0.333 e. The third kappa shape index (κ3) is 19.2. The van der Waals surface area contributed by atoms with Crippen LogP contribution in [0.3, 0.4) is 0 Å². The second-order valence-electron chi connectivity index (χ2n) is 9.75. The molecule has 0 aliphatic carbocycles. The number of hydrogen-bond acceptors (Lipinski definition) is 2. The molecule has 0 aromatic heterocycles. The minimum absolute atomic E-state index is 0.202. The van der Waals surface area contributed by atoms with E-state index in [0.717, 1.165) is 17.9 Å². The number of esters is 1. The molecule has 0 N–H and O–H groups in total. The standard InChI is InChI=1S/C28H54O2/c1-6-7-8-9-10-11-12-13-14-15-16-17-18-19-20-21-22-25(2)23-26(3)24-27(4)28(29)30-5/h24-26H,6-23H2,1-5H3. The number of methoxy groups -OCH3 is 1. The molecular formula is C28H54O2. The predicted molar refractivity (Wildman–Crippen MR) is 133 cm³/mol. The van der Waals surface area contributed by atoms with Crippen LogP contribution >= 0.6 is 0 Å². The second-order valence-corrected chi connectivity index (χ2v) is 9.75. The molecule has 0 aliphatic rings. The topological polar surface area (TPSA) is 26.3 Å². The van der Waals surface area contributed by atoms with Gasteiger partial charge in [0.15, 0.2) is 0 Å². The van der Waals surface area contributed by atoms with E-state index in [1.54, 1.807) is 0 Å². The van der Waals surface area contributed by atoms with Crippen molar-refractivity contribution >= 4 is 5.97 Å². The van der Waals surface area contributed by atoms with Crippen LogP contribution in [0, 0.1) is 11.8 Å². The van der Waals surface area contributed by atoms with Gasteiger partial charge in [-0.25, -0.2) is 4.79 Å². The molecule has 0 amide bonds. The normalized spacial score (nSPS) is 14.0. The van der Waals surface area contributed by atoms with Gasteiger partial charge in [-0.05, 0) is 25.2 Å². The van der Waals surface area contributed by atoms with Crippen molar-refractivity contribution < 1.29 is 9.53 Å². The lowest BCUT2D eigenvalue weighted by Gasteiger charge is -2.15. The van der Waals surface area contributed by atoms with Crippen LogP contribution in [0.5, 0.6) is 0 Å². The first-order valence-electron chi connectivity index (χ1n) is 13.3. The average Bonchev–Trinajstić information content (AvgIpc) is 2.72. The fourth-order valence-corrected chi connectivity index (χ4v) is 4.52. The molecule has 0 aromatic rings. The molecule has 2 nitrogen and oxygen atoms in total. The van der Waals surface area contributed by atoms with Gasteiger partial charge in [0.25, 0.3) is 0 Å². The van der Waals surface area contributed by atoms with Gasteiger partial charge in [-0.15, -0.1) is 0 Å². The predicted octanol–water partition coefficient (Wildman–Crippen LogP) is 9.42. The molecule has 2 heteroatoms. The third-order valence-corrected chi connectivity index (χ3v) is 6.37. The number of hydrogen-bond donors (Lipinski definition) is 0. The molecule has 0 radical (unpaired) electrons. The van der Waals surface area contributed by atoms with Crippen molar-refractivity contribution in [3.05, 3.63) is 11.6 Å². The van der Waals surface area contributed by atoms with E-state index in [-0.39, 0.29) is 5.97 Å². The molecule has 0 saturated heterocycles. The fraction of sp³-hybridized carbons (Fsp3) is 0.893. The summed E-state index contributed by atoms with van der Waals surface area (Å²) in [5, 5.41) is 0. The first kappa shape index (κ1) is 29.2. The number of carbonyl (C=O) groups excluding carboxylic acids is 1. The Morgan fingerprint density at radius 1 is 0.733 bits per heavy atom. The lowest BCUT2D eigenvalue weighted by molar-refractivity contribution is -0.136. The number of rotatable bonds is 21. The van der Waals surface area contributed by atoms with Gasteiger partial charge in [0.05, 0.1) is 7.11 Å². The van der Waals surface area contributed by atoms with Gasteiger partial charge in [-0.1, -0.05) is 136 Å². The van der Waals surface area contributed by atoms with Gasteiger partial charge >= 0.3 is 5.97 Å². The summed E-state index contributed by atoms with van der Waals surface area (Å²) in [7, 11) is 1.45. The summed E-state index contributed by atoms with van der Waals surface area (Å²) >= 11 is 0. The zero-order valence-corrected chi connectivity index (χ0v) is 21.3. The van der Waals surface area contributed by atoms with Crippen molar-refractivity contribution in [2.24, 2.45) is 11.8 Å². The van der Waals surface area contributed by atoms with Crippen LogP contribution in [0.25, 0.3) is 0 Å². The Labute approximate surface area is 189 Å². The van der Waals surface area contributed by atoms with Gasteiger partial charge in [-0.3, -0.25) is 0 Å². The Bertz CT molecular complexity index is 413. The van der Waals surface area contributed by atoms with E-state index in [9.17, 15) is 4.79 Å². The summed E-state index contributed by atoms with van der Waals surface area (Å²) in [4.78, 5) is 11.5. The number of allylic oxidation sites excluding steroid dienone is 1. The molecular weight excluding hydrogens is 368 g/mol.